The lowest BCUT2D eigenvalue weighted by atomic mass is 10.1. The topological polar surface area (TPSA) is 75.8 Å². The number of carbonyl (C=O) groups excluding carboxylic acids is 1. The van der Waals surface area contributed by atoms with Crippen molar-refractivity contribution in [3.8, 4) is 0 Å². The second-order valence-electron chi connectivity index (χ2n) is 2.78. The molecule has 1 aliphatic rings. The molecule has 0 aromatic heterocycles. The maximum atomic E-state index is 10.5. The van der Waals surface area contributed by atoms with E-state index in [1.807, 2.05) is 6.92 Å². The molecule has 1 fully saturated rings. The molecule has 11 heavy (non-hydrogen) atoms. The third kappa shape index (κ3) is 1.91. The number of epoxide rings is 1. The Labute approximate surface area is 65.3 Å². The number of ether oxygens (including phenoxy) is 1. The Morgan fingerprint density at radius 2 is 2.45 bits per heavy atom. The predicted molar refractivity (Wildman–Crippen MR) is 38.8 cm³/mol. The highest BCUT2D eigenvalue weighted by Crippen LogP contribution is 2.26. The fraction of sp³-hybridized carbons (Fsp3) is 0.857. The van der Waals surface area contributed by atoms with Crippen LogP contribution in [0.25, 0.3) is 0 Å². The van der Waals surface area contributed by atoms with Crippen LogP contribution in [-0.4, -0.2) is 29.3 Å². The van der Waals surface area contributed by atoms with Crippen LogP contribution >= 0.6 is 0 Å². The summed E-state index contributed by atoms with van der Waals surface area (Å²) in [5, 5.41) is 9.28. The number of amides is 1. The Morgan fingerprint density at radius 1 is 1.82 bits per heavy atom. The molecule has 0 aromatic rings. The van der Waals surface area contributed by atoms with Crippen molar-refractivity contribution in [1.29, 1.82) is 0 Å². The summed E-state index contributed by atoms with van der Waals surface area (Å²) in [6.45, 7) is 1.96. The summed E-state index contributed by atoms with van der Waals surface area (Å²) in [4.78, 5) is 10.5. The Bertz CT molecular complexity index is 160. The molecular formula is C7H13NO3. The molecule has 0 spiro atoms. The monoisotopic (exact) mass is 159 g/mol. The number of rotatable bonds is 4. The van der Waals surface area contributed by atoms with Gasteiger partial charge in [0.1, 0.15) is 6.10 Å². The van der Waals surface area contributed by atoms with Crippen LogP contribution in [0.4, 0.5) is 0 Å². The third-order valence-corrected chi connectivity index (χ3v) is 1.77. The summed E-state index contributed by atoms with van der Waals surface area (Å²) < 4.78 is 4.87. The summed E-state index contributed by atoms with van der Waals surface area (Å²) in [5.74, 6) is -0.481. The molecule has 0 radical (unpaired) electrons. The number of nitrogens with two attached hydrogens (primary N) is 1. The van der Waals surface area contributed by atoms with E-state index in [0.717, 1.165) is 6.42 Å². The first kappa shape index (κ1) is 8.49. The molecule has 1 heterocycles. The Morgan fingerprint density at radius 3 is 2.82 bits per heavy atom. The van der Waals surface area contributed by atoms with Gasteiger partial charge in [-0.05, 0) is 6.42 Å². The first-order chi connectivity index (χ1) is 5.16. The van der Waals surface area contributed by atoms with Gasteiger partial charge in [-0.25, -0.2) is 0 Å². The maximum absolute atomic E-state index is 10.5. The molecule has 1 aliphatic heterocycles. The average molecular weight is 159 g/mol. The maximum Gasteiger partial charge on any atom is 0.249 e. The van der Waals surface area contributed by atoms with Crippen molar-refractivity contribution in [2.75, 3.05) is 0 Å². The molecule has 0 aliphatic carbocycles. The minimum atomic E-state index is -0.545. The van der Waals surface area contributed by atoms with Gasteiger partial charge in [-0.15, -0.1) is 0 Å². The highest BCUT2D eigenvalue weighted by atomic mass is 16.6. The van der Waals surface area contributed by atoms with Gasteiger partial charge < -0.3 is 15.6 Å². The highest BCUT2D eigenvalue weighted by molar-refractivity contribution is 5.81. The fourth-order valence-corrected chi connectivity index (χ4v) is 1.11. The van der Waals surface area contributed by atoms with Gasteiger partial charge in [-0.3, -0.25) is 4.79 Å². The van der Waals surface area contributed by atoms with Crippen LogP contribution in [0.2, 0.25) is 0 Å². The Balaban J connectivity index is 2.25. The number of primary amides is 1. The van der Waals surface area contributed by atoms with Gasteiger partial charge in [-0.1, -0.05) is 13.3 Å². The van der Waals surface area contributed by atoms with Gasteiger partial charge in [0.2, 0.25) is 5.91 Å². The normalized spacial score (nSPS) is 31.5. The van der Waals surface area contributed by atoms with E-state index in [0.29, 0.717) is 6.42 Å². The molecule has 0 bridgehead atoms. The van der Waals surface area contributed by atoms with Crippen LogP contribution in [0.5, 0.6) is 0 Å². The summed E-state index contributed by atoms with van der Waals surface area (Å²) in [6.07, 6.45) is 0.127. The van der Waals surface area contributed by atoms with Crippen molar-refractivity contribution >= 4 is 5.91 Å². The molecule has 1 rings (SSSR count). The van der Waals surface area contributed by atoms with Crippen molar-refractivity contribution in [2.45, 2.75) is 38.1 Å². The molecule has 0 unspecified atom stereocenters. The van der Waals surface area contributed by atoms with E-state index in [2.05, 4.69) is 0 Å². The third-order valence-electron chi connectivity index (χ3n) is 1.77. The molecular weight excluding hydrogens is 146 g/mol. The highest BCUT2D eigenvalue weighted by Gasteiger charge is 2.47. The average Bonchev–Trinajstić information content (AvgIpc) is 2.65. The molecule has 64 valence electrons. The van der Waals surface area contributed by atoms with Crippen LogP contribution in [0.15, 0.2) is 0 Å². The zero-order chi connectivity index (χ0) is 8.43. The molecule has 4 heteroatoms. The first-order valence-electron chi connectivity index (χ1n) is 3.79. The summed E-state index contributed by atoms with van der Waals surface area (Å²) in [6, 6.07) is 0. The zero-order valence-corrected chi connectivity index (χ0v) is 6.49. The summed E-state index contributed by atoms with van der Waals surface area (Å²) >= 11 is 0. The van der Waals surface area contributed by atoms with E-state index in [9.17, 15) is 9.90 Å². The van der Waals surface area contributed by atoms with Crippen molar-refractivity contribution in [3.05, 3.63) is 0 Å². The van der Waals surface area contributed by atoms with E-state index in [-0.39, 0.29) is 6.10 Å². The lowest BCUT2D eigenvalue weighted by Crippen LogP contribution is -2.25. The van der Waals surface area contributed by atoms with Gasteiger partial charge in [0.05, 0.1) is 6.10 Å². The lowest BCUT2D eigenvalue weighted by Gasteiger charge is -2.02. The van der Waals surface area contributed by atoms with E-state index in [1.54, 1.807) is 0 Å². The molecule has 1 amide bonds. The van der Waals surface area contributed by atoms with E-state index in [1.165, 1.54) is 0 Å². The van der Waals surface area contributed by atoms with E-state index >= 15 is 0 Å². The van der Waals surface area contributed by atoms with Gasteiger partial charge in [0.15, 0.2) is 6.10 Å². The van der Waals surface area contributed by atoms with E-state index in [4.69, 9.17) is 10.5 Å². The second-order valence-corrected chi connectivity index (χ2v) is 2.78. The van der Waals surface area contributed by atoms with Crippen molar-refractivity contribution in [1.82, 2.24) is 0 Å². The quantitative estimate of drug-likeness (QED) is 0.538. The smallest absolute Gasteiger partial charge is 0.249 e. The largest absolute Gasteiger partial charge is 0.390 e. The van der Waals surface area contributed by atoms with Gasteiger partial charge in [0, 0.05) is 0 Å². The molecule has 3 atom stereocenters. The lowest BCUT2D eigenvalue weighted by molar-refractivity contribution is -0.119. The number of aliphatic hydroxyl groups is 1. The van der Waals surface area contributed by atoms with Crippen molar-refractivity contribution in [2.24, 2.45) is 5.73 Å². The molecule has 0 saturated carbocycles. The first-order valence-corrected chi connectivity index (χ1v) is 3.79. The Kier molecular flexibility index (Phi) is 2.46. The summed E-state index contributed by atoms with van der Waals surface area (Å²) in [5.41, 5.74) is 4.95. The SMILES string of the molecule is CCC[C@@H](O)[C@H]1O[C@H]1C(N)=O. The number of hydrogen-bond donors (Lipinski definition) is 2. The van der Waals surface area contributed by atoms with Gasteiger partial charge in [-0.2, -0.15) is 0 Å². The minimum absolute atomic E-state index is 0.340. The van der Waals surface area contributed by atoms with Crippen LogP contribution in [-0.2, 0) is 9.53 Å². The number of carbonyl (C=O) groups is 1. The molecule has 1 saturated heterocycles. The van der Waals surface area contributed by atoms with Gasteiger partial charge >= 0.3 is 0 Å². The van der Waals surface area contributed by atoms with Crippen LogP contribution in [0.3, 0.4) is 0 Å². The molecule has 4 nitrogen and oxygen atoms in total. The fourth-order valence-electron chi connectivity index (χ4n) is 1.11. The molecule has 0 aromatic carbocycles. The zero-order valence-electron chi connectivity index (χ0n) is 6.49. The standard InChI is InChI=1S/C7H13NO3/c1-2-3-4(9)5-6(11-5)7(8)10/h4-6,9H,2-3H2,1H3,(H2,8,10)/t4-,5-,6-/m1/s1. The van der Waals surface area contributed by atoms with Gasteiger partial charge in [0.25, 0.3) is 0 Å². The second kappa shape index (κ2) is 3.19. The minimum Gasteiger partial charge on any atom is -0.390 e. The number of aliphatic hydroxyl groups excluding tert-OH is 1. The van der Waals surface area contributed by atoms with Crippen LogP contribution in [0, 0.1) is 0 Å². The Hall–Kier alpha value is -0.610. The van der Waals surface area contributed by atoms with Crippen molar-refractivity contribution < 1.29 is 14.6 Å². The van der Waals surface area contributed by atoms with Crippen molar-refractivity contribution in [3.63, 3.8) is 0 Å². The molecule has 3 N–H and O–H groups in total. The van der Waals surface area contributed by atoms with Crippen LogP contribution < -0.4 is 5.73 Å². The van der Waals surface area contributed by atoms with Crippen LogP contribution in [0.1, 0.15) is 19.8 Å². The summed E-state index contributed by atoms with van der Waals surface area (Å²) in [7, 11) is 0. The number of hydrogen-bond acceptors (Lipinski definition) is 3. The van der Waals surface area contributed by atoms with E-state index < -0.39 is 18.1 Å². The predicted octanol–water partition coefficient (Wildman–Crippen LogP) is -0.600.